The Hall–Kier alpha value is -2.47. The van der Waals surface area contributed by atoms with Crippen LogP contribution in [0.4, 0.5) is 5.13 Å². The predicted octanol–water partition coefficient (Wildman–Crippen LogP) is 3.40. The van der Waals surface area contributed by atoms with E-state index in [0.717, 1.165) is 29.4 Å². The smallest absolute Gasteiger partial charge is 0.273 e. The first kappa shape index (κ1) is 13.2. The van der Waals surface area contributed by atoms with E-state index in [-0.39, 0.29) is 11.7 Å². The summed E-state index contributed by atoms with van der Waals surface area (Å²) in [4.78, 5) is 32.3. The van der Waals surface area contributed by atoms with Gasteiger partial charge in [-0.1, -0.05) is 29.5 Å². The Morgan fingerprint density at radius 1 is 1.27 bits per heavy atom. The molecule has 1 aliphatic rings. The third-order valence-corrected chi connectivity index (χ3v) is 4.82. The van der Waals surface area contributed by atoms with E-state index in [2.05, 4.69) is 15.3 Å². The lowest BCUT2D eigenvalue weighted by Gasteiger charge is -2.05. The van der Waals surface area contributed by atoms with E-state index >= 15 is 0 Å². The molecule has 0 unspecified atom stereocenters. The predicted molar refractivity (Wildman–Crippen MR) is 85.6 cm³/mol. The van der Waals surface area contributed by atoms with Crippen molar-refractivity contribution in [3.8, 4) is 0 Å². The molecule has 2 N–H and O–H groups in total. The molecular formula is C16H13N3O2S. The first-order valence-electron chi connectivity index (χ1n) is 7.13. The Kier molecular flexibility index (Phi) is 3.04. The zero-order valence-corrected chi connectivity index (χ0v) is 12.5. The number of amides is 1. The third-order valence-electron chi connectivity index (χ3n) is 3.76. The second kappa shape index (κ2) is 5.06. The molecule has 0 saturated heterocycles. The topological polar surface area (TPSA) is 74.8 Å². The number of nitrogens with one attached hydrogen (secondary N) is 2. The average molecular weight is 311 g/mol. The van der Waals surface area contributed by atoms with Crippen molar-refractivity contribution in [1.82, 2.24) is 9.97 Å². The molecule has 6 heteroatoms. The highest BCUT2D eigenvalue weighted by Crippen LogP contribution is 2.29. The first-order chi connectivity index (χ1) is 10.7. The number of rotatable bonds is 2. The van der Waals surface area contributed by atoms with Crippen molar-refractivity contribution in [2.75, 3.05) is 5.32 Å². The van der Waals surface area contributed by atoms with E-state index in [4.69, 9.17) is 0 Å². The van der Waals surface area contributed by atoms with Gasteiger partial charge in [0.1, 0.15) is 5.69 Å². The Morgan fingerprint density at radius 3 is 2.95 bits per heavy atom. The van der Waals surface area contributed by atoms with E-state index in [1.807, 2.05) is 30.3 Å². The number of hydrogen-bond acceptors (Lipinski definition) is 4. The molecule has 0 saturated carbocycles. The lowest BCUT2D eigenvalue weighted by molar-refractivity contribution is 0.0975. The number of aromatic amines is 1. The van der Waals surface area contributed by atoms with Gasteiger partial charge in [-0.05, 0) is 25.0 Å². The van der Waals surface area contributed by atoms with Crippen molar-refractivity contribution < 1.29 is 9.59 Å². The van der Waals surface area contributed by atoms with Crippen molar-refractivity contribution in [2.45, 2.75) is 19.3 Å². The van der Waals surface area contributed by atoms with E-state index in [9.17, 15) is 9.59 Å². The number of para-hydroxylation sites is 1. The summed E-state index contributed by atoms with van der Waals surface area (Å²) in [6.45, 7) is 0. The van der Waals surface area contributed by atoms with Crippen LogP contribution in [0.1, 0.15) is 38.7 Å². The van der Waals surface area contributed by atoms with Gasteiger partial charge >= 0.3 is 0 Å². The van der Waals surface area contributed by atoms with Crippen LogP contribution in [-0.4, -0.2) is 21.7 Å². The van der Waals surface area contributed by atoms with E-state index in [1.165, 1.54) is 11.3 Å². The zero-order chi connectivity index (χ0) is 15.1. The van der Waals surface area contributed by atoms with Crippen LogP contribution in [0.5, 0.6) is 0 Å². The number of H-pyrrole nitrogens is 1. The van der Waals surface area contributed by atoms with Crippen LogP contribution >= 0.6 is 11.3 Å². The Labute approximate surface area is 130 Å². The van der Waals surface area contributed by atoms with Crippen molar-refractivity contribution in [3.63, 3.8) is 0 Å². The van der Waals surface area contributed by atoms with Crippen LogP contribution in [0.3, 0.4) is 0 Å². The molecule has 3 aromatic rings. The maximum absolute atomic E-state index is 12.3. The maximum Gasteiger partial charge on any atom is 0.273 e. The van der Waals surface area contributed by atoms with Gasteiger partial charge in [0, 0.05) is 17.3 Å². The lowest BCUT2D eigenvalue weighted by atomic mass is 10.0. The number of benzene rings is 1. The number of carbonyl (C=O) groups is 2. The molecule has 5 nitrogen and oxygen atoms in total. The number of carbonyl (C=O) groups excluding carboxylic acids is 2. The van der Waals surface area contributed by atoms with Gasteiger partial charge in [-0.2, -0.15) is 0 Å². The van der Waals surface area contributed by atoms with Gasteiger partial charge in [0.05, 0.1) is 10.6 Å². The number of Topliss-reactive ketones (excluding diaryl/α,β-unsaturated/α-hetero) is 1. The molecule has 0 aliphatic heterocycles. The average Bonchev–Trinajstić information content (AvgIpc) is 3.11. The van der Waals surface area contributed by atoms with Crippen LogP contribution in [0.25, 0.3) is 10.9 Å². The first-order valence-corrected chi connectivity index (χ1v) is 7.94. The summed E-state index contributed by atoms with van der Waals surface area (Å²) in [5.41, 5.74) is 2.22. The Morgan fingerprint density at radius 2 is 2.14 bits per heavy atom. The van der Waals surface area contributed by atoms with E-state index in [0.29, 0.717) is 22.1 Å². The number of aryl methyl sites for hydroxylation is 1. The summed E-state index contributed by atoms with van der Waals surface area (Å²) in [7, 11) is 0. The van der Waals surface area contributed by atoms with Gasteiger partial charge in [-0.3, -0.25) is 14.9 Å². The molecule has 0 fully saturated rings. The highest BCUT2D eigenvalue weighted by Gasteiger charge is 2.23. The van der Waals surface area contributed by atoms with E-state index in [1.54, 1.807) is 0 Å². The monoisotopic (exact) mass is 311 g/mol. The standard InChI is InChI=1S/C16H13N3O2S/c20-13-7-3-6-11-14(13)22-16(18-11)19-15(21)12-8-9-4-1-2-5-10(9)17-12/h1-2,4-5,8,17H,3,6-7H2,(H,18,19,21). The number of hydrogen-bond donors (Lipinski definition) is 2. The van der Waals surface area contributed by atoms with Crippen LogP contribution in [0.15, 0.2) is 30.3 Å². The van der Waals surface area contributed by atoms with Crippen LogP contribution < -0.4 is 5.32 Å². The Bertz CT molecular complexity index is 861. The van der Waals surface area contributed by atoms with Crippen LogP contribution in [-0.2, 0) is 6.42 Å². The fourth-order valence-corrected chi connectivity index (χ4v) is 3.66. The van der Waals surface area contributed by atoms with Gasteiger partial charge in [0.15, 0.2) is 10.9 Å². The summed E-state index contributed by atoms with van der Waals surface area (Å²) >= 11 is 1.27. The third kappa shape index (κ3) is 2.21. The van der Waals surface area contributed by atoms with Gasteiger partial charge in [-0.15, -0.1) is 0 Å². The summed E-state index contributed by atoms with van der Waals surface area (Å²) in [6, 6.07) is 9.53. The molecule has 22 heavy (non-hydrogen) atoms. The second-order valence-corrected chi connectivity index (χ2v) is 6.30. The minimum Gasteiger partial charge on any atom is -0.351 e. The molecule has 2 heterocycles. The maximum atomic E-state index is 12.3. The molecule has 1 aliphatic carbocycles. The van der Waals surface area contributed by atoms with Gasteiger partial charge < -0.3 is 4.98 Å². The van der Waals surface area contributed by atoms with Crippen molar-refractivity contribution >= 4 is 39.1 Å². The number of aromatic nitrogens is 2. The summed E-state index contributed by atoms with van der Waals surface area (Å²) in [5, 5.41) is 4.26. The normalized spacial score (nSPS) is 14.1. The van der Waals surface area contributed by atoms with Gasteiger partial charge in [0.25, 0.3) is 5.91 Å². The number of fused-ring (bicyclic) bond motifs is 2. The molecule has 2 aromatic heterocycles. The highest BCUT2D eigenvalue weighted by atomic mass is 32.1. The molecule has 1 amide bonds. The molecule has 0 atom stereocenters. The van der Waals surface area contributed by atoms with Crippen LogP contribution in [0, 0.1) is 0 Å². The van der Waals surface area contributed by atoms with Gasteiger partial charge in [-0.25, -0.2) is 4.98 Å². The Balaban J connectivity index is 1.60. The van der Waals surface area contributed by atoms with Crippen molar-refractivity contribution in [1.29, 1.82) is 0 Å². The van der Waals surface area contributed by atoms with Gasteiger partial charge in [0.2, 0.25) is 0 Å². The summed E-state index contributed by atoms with van der Waals surface area (Å²) in [6.07, 6.45) is 2.22. The van der Waals surface area contributed by atoms with E-state index < -0.39 is 0 Å². The summed E-state index contributed by atoms with van der Waals surface area (Å²) in [5.74, 6) is -0.111. The largest absolute Gasteiger partial charge is 0.351 e. The SMILES string of the molecule is O=C(Nc1nc2c(s1)C(=O)CCC2)c1cc2ccccc2[nH]1. The molecular weight excluding hydrogens is 298 g/mol. The molecule has 4 rings (SSSR count). The summed E-state index contributed by atoms with van der Waals surface area (Å²) < 4.78 is 0. The quantitative estimate of drug-likeness (QED) is 0.761. The van der Waals surface area contributed by atoms with Crippen LogP contribution in [0.2, 0.25) is 0 Å². The minimum absolute atomic E-state index is 0.130. The second-order valence-electron chi connectivity index (χ2n) is 5.30. The fraction of sp³-hybridized carbons (Fsp3) is 0.188. The molecule has 0 spiro atoms. The molecule has 0 bridgehead atoms. The number of ketones is 1. The number of nitrogens with zero attached hydrogens (tertiary/aromatic N) is 1. The lowest BCUT2D eigenvalue weighted by Crippen LogP contribution is -2.12. The van der Waals surface area contributed by atoms with Crippen molar-refractivity contribution in [3.05, 3.63) is 46.6 Å². The van der Waals surface area contributed by atoms with Crippen molar-refractivity contribution in [2.24, 2.45) is 0 Å². The number of anilines is 1. The zero-order valence-electron chi connectivity index (χ0n) is 11.7. The molecule has 0 radical (unpaired) electrons. The molecule has 1 aromatic carbocycles. The fourth-order valence-electron chi connectivity index (χ4n) is 2.68. The number of thiazole rings is 1. The molecule has 110 valence electrons. The minimum atomic E-state index is -0.241. The highest BCUT2D eigenvalue weighted by molar-refractivity contribution is 7.17.